The van der Waals surface area contributed by atoms with Crippen LogP contribution in [0, 0.1) is 0 Å². The number of rotatable bonds is 5. The number of amides is 2. The van der Waals surface area contributed by atoms with Crippen LogP contribution in [0.5, 0.6) is 0 Å². The zero-order valence-corrected chi connectivity index (χ0v) is 14.7. The fourth-order valence-electron chi connectivity index (χ4n) is 2.61. The van der Waals surface area contributed by atoms with E-state index < -0.39 is 18.5 Å². The highest BCUT2D eigenvalue weighted by Gasteiger charge is 2.11. The predicted molar refractivity (Wildman–Crippen MR) is 104 cm³/mol. The first-order valence-electron chi connectivity index (χ1n) is 8.35. The Hall–Kier alpha value is -3.67. The standard InChI is InChI=1S/C21H18N2O4/c1-14(24)22-18-8-4-7-17(12-18)21(26)27-13-20(25)23-19-10-9-15-5-2-3-6-16(15)11-19/h2-12H,13H2,1H3,(H,22,24)(H,23,25). The van der Waals surface area contributed by atoms with Gasteiger partial charge >= 0.3 is 5.97 Å². The van der Waals surface area contributed by atoms with Gasteiger partial charge in [-0.3, -0.25) is 9.59 Å². The second-order valence-electron chi connectivity index (χ2n) is 5.95. The molecule has 3 aromatic rings. The number of benzene rings is 3. The molecule has 0 aliphatic rings. The lowest BCUT2D eigenvalue weighted by atomic mass is 10.1. The maximum atomic E-state index is 12.1. The van der Waals surface area contributed by atoms with Crippen molar-refractivity contribution in [1.29, 1.82) is 0 Å². The third-order valence-corrected chi connectivity index (χ3v) is 3.79. The minimum absolute atomic E-state index is 0.240. The zero-order valence-electron chi connectivity index (χ0n) is 14.7. The van der Waals surface area contributed by atoms with Crippen LogP contribution in [-0.2, 0) is 14.3 Å². The van der Waals surface area contributed by atoms with Gasteiger partial charge in [0.2, 0.25) is 5.91 Å². The van der Waals surface area contributed by atoms with Crippen molar-refractivity contribution in [3.63, 3.8) is 0 Å². The van der Waals surface area contributed by atoms with E-state index in [1.54, 1.807) is 24.3 Å². The molecule has 2 amide bonds. The van der Waals surface area contributed by atoms with Gasteiger partial charge in [-0.1, -0.05) is 36.4 Å². The van der Waals surface area contributed by atoms with Gasteiger partial charge in [0.15, 0.2) is 6.61 Å². The molecule has 0 fully saturated rings. The van der Waals surface area contributed by atoms with Crippen molar-refractivity contribution >= 4 is 39.9 Å². The summed E-state index contributed by atoms with van der Waals surface area (Å²) in [4.78, 5) is 35.2. The van der Waals surface area contributed by atoms with Gasteiger partial charge in [-0.05, 0) is 41.1 Å². The highest BCUT2D eigenvalue weighted by Crippen LogP contribution is 2.18. The molecule has 2 N–H and O–H groups in total. The van der Waals surface area contributed by atoms with Crippen LogP contribution in [0.1, 0.15) is 17.3 Å². The van der Waals surface area contributed by atoms with Crippen molar-refractivity contribution in [2.45, 2.75) is 6.92 Å². The monoisotopic (exact) mass is 362 g/mol. The lowest BCUT2D eigenvalue weighted by Crippen LogP contribution is -2.21. The van der Waals surface area contributed by atoms with E-state index in [1.165, 1.54) is 13.0 Å². The Morgan fingerprint density at radius 2 is 1.56 bits per heavy atom. The molecule has 27 heavy (non-hydrogen) atoms. The molecule has 0 aliphatic heterocycles. The fraction of sp³-hybridized carbons (Fsp3) is 0.0952. The molecule has 6 nitrogen and oxygen atoms in total. The summed E-state index contributed by atoms with van der Waals surface area (Å²) < 4.78 is 5.05. The van der Waals surface area contributed by atoms with E-state index in [0.29, 0.717) is 11.4 Å². The fourth-order valence-corrected chi connectivity index (χ4v) is 2.61. The summed E-state index contributed by atoms with van der Waals surface area (Å²) in [6.07, 6.45) is 0. The van der Waals surface area contributed by atoms with Crippen LogP contribution >= 0.6 is 0 Å². The van der Waals surface area contributed by atoms with E-state index in [0.717, 1.165) is 10.8 Å². The highest BCUT2D eigenvalue weighted by atomic mass is 16.5. The third kappa shape index (κ3) is 4.92. The second-order valence-corrected chi connectivity index (χ2v) is 5.95. The molecule has 3 aromatic carbocycles. The molecule has 0 aromatic heterocycles. The molecular weight excluding hydrogens is 344 g/mol. The summed E-state index contributed by atoms with van der Waals surface area (Å²) in [5.41, 5.74) is 1.36. The highest BCUT2D eigenvalue weighted by molar-refractivity contribution is 5.98. The molecule has 0 radical (unpaired) electrons. The summed E-state index contributed by atoms with van der Waals surface area (Å²) in [7, 11) is 0. The smallest absolute Gasteiger partial charge is 0.338 e. The molecule has 0 saturated heterocycles. The molecule has 6 heteroatoms. The lowest BCUT2D eigenvalue weighted by Gasteiger charge is -2.08. The molecular formula is C21H18N2O4. The van der Waals surface area contributed by atoms with E-state index in [9.17, 15) is 14.4 Å². The van der Waals surface area contributed by atoms with E-state index in [4.69, 9.17) is 4.74 Å². The molecule has 0 bridgehead atoms. The Bertz CT molecular complexity index is 1010. The summed E-state index contributed by atoms with van der Waals surface area (Å²) in [5.74, 6) is -1.32. The Balaban J connectivity index is 1.58. The quantitative estimate of drug-likeness (QED) is 0.679. The van der Waals surface area contributed by atoms with Gasteiger partial charge in [-0.25, -0.2) is 4.79 Å². The van der Waals surface area contributed by atoms with Gasteiger partial charge in [0.05, 0.1) is 5.56 Å². The van der Waals surface area contributed by atoms with E-state index in [2.05, 4.69) is 10.6 Å². The van der Waals surface area contributed by atoms with Crippen molar-refractivity contribution < 1.29 is 19.1 Å². The summed E-state index contributed by atoms with van der Waals surface area (Å²) >= 11 is 0. The largest absolute Gasteiger partial charge is 0.452 e. The number of carbonyl (C=O) groups excluding carboxylic acids is 3. The number of fused-ring (bicyclic) bond motifs is 1. The summed E-state index contributed by atoms with van der Waals surface area (Å²) in [6.45, 7) is 0.970. The number of esters is 1. The van der Waals surface area contributed by atoms with Gasteiger partial charge in [0, 0.05) is 18.3 Å². The minimum atomic E-state index is -0.643. The molecule has 0 atom stereocenters. The normalized spacial score (nSPS) is 10.3. The maximum Gasteiger partial charge on any atom is 0.338 e. The predicted octanol–water partition coefficient (Wildman–Crippen LogP) is 3.59. The first-order chi connectivity index (χ1) is 13.0. The van der Waals surface area contributed by atoms with Crippen LogP contribution in [0.3, 0.4) is 0 Å². The number of carbonyl (C=O) groups is 3. The van der Waals surface area contributed by atoms with Gasteiger partial charge < -0.3 is 15.4 Å². The second kappa shape index (κ2) is 8.14. The van der Waals surface area contributed by atoms with Gasteiger partial charge in [-0.2, -0.15) is 0 Å². The number of hydrogen-bond donors (Lipinski definition) is 2. The molecule has 3 rings (SSSR count). The summed E-state index contributed by atoms with van der Waals surface area (Å²) in [5, 5.41) is 7.36. The van der Waals surface area contributed by atoms with Gasteiger partial charge in [0.25, 0.3) is 5.91 Å². The molecule has 0 spiro atoms. The Labute approximate surface area is 156 Å². The number of nitrogens with one attached hydrogen (secondary N) is 2. The van der Waals surface area contributed by atoms with Crippen LogP contribution in [0.2, 0.25) is 0 Å². The number of ether oxygens (including phenoxy) is 1. The Morgan fingerprint density at radius 3 is 2.33 bits per heavy atom. The lowest BCUT2D eigenvalue weighted by molar-refractivity contribution is -0.119. The van der Waals surface area contributed by atoms with Crippen molar-refractivity contribution in [2.24, 2.45) is 0 Å². The van der Waals surface area contributed by atoms with E-state index >= 15 is 0 Å². The SMILES string of the molecule is CC(=O)Nc1cccc(C(=O)OCC(=O)Nc2ccc3ccccc3c2)c1. The molecule has 0 aliphatic carbocycles. The number of hydrogen-bond acceptors (Lipinski definition) is 4. The van der Waals surface area contributed by atoms with Gasteiger partial charge in [0.1, 0.15) is 0 Å². The van der Waals surface area contributed by atoms with Crippen LogP contribution in [0.25, 0.3) is 10.8 Å². The molecule has 0 heterocycles. The van der Waals surface area contributed by atoms with E-state index in [1.807, 2.05) is 36.4 Å². The molecule has 0 saturated carbocycles. The van der Waals surface area contributed by atoms with Crippen LogP contribution in [-0.4, -0.2) is 24.4 Å². The molecule has 0 unspecified atom stereocenters. The number of anilines is 2. The van der Waals surface area contributed by atoms with Crippen LogP contribution in [0.15, 0.2) is 66.7 Å². The minimum Gasteiger partial charge on any atom is -0.452 e. The van der Waals surface area contributed by atoms with Crippen LogP contribution < -0.4 is 10.6 Å². The van der Waals surface area contributed by atoms with Crippen molar-refractivity contribution in [1.82, 2.24) is 0 Å². The van der Waals surface area contributed by atoms with Crippen molar-refractivity contribution in [2.75, 3.05) is 17.2 Å². The average molecular weight is 362 g/mol. The first-order valence-corrected chi connectivity index (χ1v) is 8.35. The van der Waals surface area contributed by atoms with Crippen molar-refractivity contribution in [3.05, 3.63) is 72.3 Å². The van der Waals surface area contributed by atoms with E-state index in [-0.39, 0.29) is 11.5 Å². The molecule has 136 valence electrons. The van der Waals surface area contributed by atoms with Crippen molar-refractivity contribution in [3.8, 4) is 0 Å². The average Bonchev–Trinajstić information content (AvgIpc) is 2.65. The zero-order chi connectivity index (χ0) is 19.2. The topological polar surface area (TPSA) is 84.5 Å². The Kier molecular flexibility index (Phi) is 5.47. The van der Waals surface area contributed by atoms with Gasteiger partial charge in [-0.15, -0.1) is 0 Å². The maximum absolute atomic E-state index is 12.1. The third-order valence-electron chi connectivity index (χ3n) is 3.79. The Morgan fingerprint density at radius 1 is 0.815 bits per heavy atom. The van der Waals surface area contributed by atoms with Crippen LogP contribution in [0.4, 0.5) is 11.4 Å². The first kappa shape index (κ1) is 18.1. The summed E-state index contributed by atoms with van der Waals surface area (Å²) in [6, 6.07) is 19.7.